The van der Waals surface area contributed by atoms with Crippen LogP contribution in [-0.2, 0) is 0 Å². The second-order valence-electron chi connectivity index (χ2n) is 8.05. The minimum Gasteiger partial charge on any atom is -0.506 e. The standard InChI is InChI=1S/4C7H9NO/c4*1-5-3-2-4-6(8)7(5)9/h4*2-4,9H,8H2,1H3. The summed E-state index contributed by atoms with van der Waals surface area (Å²) in [4.78, 5) is 0. The molecule has 8 heteroatoms. The minimum absolute atomic E-state index is 0.192. The molecule has 4 rings (SSSR count). The molecule has 0 saturated heterocycles. The number of anilines is 4. The molecule has 0 bridgehead atoms. The smallest absolute Gasteiger partial charge is 0.141 e. The number of aryl methyl sites for hydroxylation is 4. The van der Waals surface area contributed by atoms with Gasteiger partial charge in [-0.05, 0) is 74.2 Å². The fourth-order valence-electron chi connectivity index (χ4n) is 2.73. The van der Waals surface area contributed by atoms with Crippen molar-refractivity contribution in [1.82, 2.24) is 0 Å². The maximum absolute atomic E-state index is 9.08. The third-order valence-electron chi connectivity index (χ3n) is 5.08. The fraction of sp³-hybridized carbons (Fsp3) is 0.143. The van der Waals surface area contributed by atoms with Crippen LogP contribution in [0.4, 0.5) is 22.7 Å². The Morgan fingerprint density at radius 3 is 0.639 bits per heavy atom. The monoisotopic (exact) mass is 492 g/mol. The number of phenolic OH excluding ortho intramolecular Hbond substituents is 4. The van der Waals surface area contributed by atoms with Gasteiger partial charge in [0.2, 0.25) is 0 Å². The summed E-state index contributed by atoms with van der Waals surface area (Å²) >= 11 is 0. The third kappa shape index (κ3) is 8.90. The van der Waals surface area contributed by atoms with Crippen LogP contribution in [0.25, 0.3) is 0 Å². The Balaban J connectivity index is 0.000000240. The lowest BCUT2D eigenvalue weighted by Crippen LogP contribution is -1.85. The van der Waals surface area contributed by atoms with Gasteiger partial charge >= 0.3 is 0 Å². The topological polar surface area (TPSA) is 185 Å². The molecule has 0 radical (unpaired) electrons. The van der Waals surface area contributed by atoms with Crippen molar-refractivity contribution in [2.24, 2.45) is 0 Å². The van der Waals surface area contributed by atoms with E-state index in [-0.39, 0.29) is 23.0 Å². The van der Waals surface area contributed by atoms with Crippen LogP contribution >= 0.6 is 0 Å². The average Bonchev–Trinajstić information content (AvgIpc) is 2.84. The van der Waals surface area contributed by atoms with E-state index >= 15 is 0 Å². The largest absolute Gasteiger partial charge is 0.506 e. The van der Waals surface area contributed by atoms with E-state index in [2.05, 4.69) is 0 Å². The summed E-state index contributed by atoms with van der Waals surface area (Å²) in [5.41, 5.74) is 26.5. The van der Waals surface area contributed by atoms with Gasteiger partial charge in [0.15, 0.2) is 0 Å². The predicted molar refractivity (Wildman–Crippen MR) is 149 cm³/mol. The van der Waals surface area contributed by atoms with Gasteiger partial charge < -0.3 is 43.4 Å². The molecule has 0 atom stereocenters. The molecule has 0 heterocycles. The molecule has 0 aromatic heterocycles. The van der Waals surface area contributed by atoms with Crippen molar-refractivity contribution in [2.75, 3.05) is 22.9 Å². The van der Waals surface area contributed by atoms with E-state index in [1.165, 1.54) is 0 Å². The molecule has 0 spiro atoms. The summed E-state index contributed by atoms with van der Waals surface area (Å²) in [6.07, 6.45) is 0. The highest BCUT2D eigenvalue weighted by atomic mass is 16.3. The molecule has 0 aliphatic carbocycles. The van der Waals surface area contributed by atoms with Crippen molar-refractivity contribution >= 4 is 22.7 Å². The van der Waals surface area contributed by atoms with Gasteiger partial charge in [0, 0.05) is 0 Å². The highest BCUT2D eigenvalue weighted by Crippen LogP contribution is 2.24. The molecule has 0 saturated carbocycles. The molecule has 0 fully saturated rings. The second kappa shape index (κ2) is 13.9. The van der Waals surface area contributed by atoms with Crippen LogP contribution in [0.1, 0.15) is 22.3 Å². The van der Waals surface area contributed by atoms with Gasteiger partial charge in [0.25, 0.3) is 0 Å². The summed E-state index contributed by atoms with van der Waals surface area (Å²) in [6, 6.07) is 21.2. The van der Waals surface area contributed by atoms with E-state index in [1.54, 1.807) is 24.3 Å². The lowest BCUT2D eigenvalue weighted by molar-refractivity contribution is 0.473. The normalized spacial score (nSPS) is 9.44. The molecule has 36 heavy (non-hydrogen) atoms. The lowest BCUT2D eigenvalue weighted by Gasteiger charge is -1.99. The summed E-state index contributed by atoms with van der Waals surface area (Å²) < 4.78 is 0. The van der Waals surface area contributed by atoms with Gasteiger partial charge in [-0.25, -0.2) is 0 Å². The molecule has 4 aromatic rings. The zero-order valence-corrected chi connectivity index (χ0v) is 21.0. The Labute approximate surface area is 212 Å². The highest BCUT2D eigenvalue weighted by molar-refractivity contribution is 5.57. The number of rotatable bonds is 0. The van der Waals surface area contributed by atoms with E-state index in [0.717, 1.165) is 22.3 Å². The summed E-state index contributed by atoms with van der Waals surface area (Å²) in [7, 11) is 0. The fourth-order valence-corrected chi connectivity index (χ4v) is 2.73. The lowest BCUT2D eigenvalue weighted by atomic mass is 10.2. The summed E-state index contributed by atoms with van der Waals surface area (Å²) in [5.74, 6) is 0.769. The molecular weight excluding hydrogens is 456 g/mol. The van der Waals surface area contributed by atoms with Crippen LogP contribution in [0.5, 0.6) is 23.0 Å². The first-order valence-electron chi connectivity index (χ1n) is 11.0. The Morgan fingerprint density at radius 1 is 0.361 bits per heavy atom. The number of aromatic hydroxyl groups is 4. The van der Waals surface area contributed by atoms with Gasteiger partial charge in [-0.15, -0.1) is 0 Å². The van der Waals surface area contributed by atoms with E-state index in [1.807, 2.05) is 76.2 Å². The SMILES string of the molecule is Cc1cccc(N)c1O.Cc1cccc(N)c1O.Cc1cccc(N)c1O.Cc1cccc(N)c1O. The number of nitrogens with two attached hydrogens (primary N) is 4. The van der Waals surface area contributed by atoms with Crippen LogP contribution < -0.4 is 22.9 Å². The van der Waals surface area contributed by atoms with Crippen LogP contribution in [-0.4, -0.2) is 20.4 Å². The zero-order chi connectivity index (χ0) is 27.4. The average molecular weight is 493 g/mol. The Hall–Kier alpha value is -4.72. The first-order chi connectivity index (χ1) is 16.9. The van der Waals surface area contributed by atoms with E-state index in [0.29, 0.717) is 22.7 Å². The Bertz CT molecular complexity index is 998. The summed E-state index contributed by atoms with van der Waals surface area (Å²) in [6.45, 7) is 7.24. The molecular formula is C28H36N4O4. The van der Waals surface area contributed by atoms with Crippen molar-refractivity contribution in [3.63, 3.8) is 0 Å². The van der Waals surface area contributed by atoms with Crippen molar-refractivity contribution < 1.29 is 20.4 Å². The van der Waals surface area contributed by atoms with Crippen molar-refractivity contribution in [3.05, 3.63) is 95.1 Å². The zero-order valence-electron chi connectivity index (χ0n) is 21.0. The third-order valence-corrected chi connectivity index (χ3v) is 5.08. The molecule has 4 aromatic carbocycles. The Morgan fingerprint density at radius 2 is 0.528 bits per heavy atom. The molecule has 12 N–H and O–H groups in total. The number of phenols is 4. The molecule has 192 valence electrons. The molecule has 0 amide bonds. The van der Waals surface area contributed by atoms with E-state index in [4.69, 9.17) is 43.4 Å². The maximum atomic E-state index is 9.08. The van der Waals surface area contributed by atoms with Gasteiger partial charge in [-0.1, -0.05) is 48.5 Å². The van der Waals surface area contributed by atoms with Crippen LogP contribution in [0.15, 0.2) is 72.8 Å². The summed E-state index contributed by atoms with van der Waals surface area (Å²) in [5, 5.41) is 36.3. The van der Waals surface area contributed by atoms with E-state index < -0.39 is 0 Å². The van der Waals surface area contributed by atoms with Crippen molar-refractivity contribution in [1.29, 1.82) is 0 Å². The van der Waals surface area contributed by atoms with Crippen LogP contribution in [0.2, 0.25) is 0 Å². The molecule has 8 nitrogen and oxygen atoms in total. The number of nitrogen functional groups attached to an aromatic ring is 4. The maximum Gasteiger partial charge on any atom is 0.141 e. The van der Waals surface area contributed by atoms with Gasteiger partial charge in [0.05, 0.1) is 22.7 Å². The van der Waals surface area contributed by atoms with Crippen LogP contribution in [0, 0.1) is 27.7 Å². The first-order valence-corrected chi connectivity index (χ1v) is 11.0. The second-order valence-corrected chi connectivity index (χ2v) is 8.05. The number of benzene rings is 4. The number of hydrogen-bond acceptors (Lipinski definition) is 8. The van der Waals surface area contributed by atoms with Gasteiger partial charge in [-0.2, -0.15) is 0 Å². The highest BCUT2D eigenvalue weighted by Gasteiger charge is 1.98. The van der Waals surface area contributed by atoms with Crippen molar-refractivity contribution in [2.45, 2.75) is 27.7 Å². The Kier molecular flexibility index (Phi) is 11.3. The van der Waals surface area contributed by atoms with Gasteiger partial charge in [0.1, 0.15) is 23.0 Å². The quantitative estimate of drug-likeness (QED) is 0.123. The number of para-hydroxylation sites is 4. The molecule has 0 aliphatic heterocycles. The minimum atomic E-state index is 0.192. The van der Waals surface area contributed by atoms with E-state index in [9.17, 15) is 0 Å². The van der Waals surface area contributed by atoms with Crippen LogP contribution in [0.3, 0.4) is 0 Å². The van der Waals surface area contributed by atoms with Crippen molar-refractivity contribution in [3.8, 4) is 23.0 Å². The first kappa shape index (κ1) is 29.3. The predicted octanol–water partition coefficient (Wildman–Crippen LogP) is 5.13. The number of hydrogen-bond donors (Lipinski definition) is 8. The van der Waals surface area contributed by atoms with Gasteiger partial charge in [-0.3, -0.25) is 0 Å². The molecule has 0 unspecified atom stereocenters. The molecule has 0 aliphatic rings.